The van der Waals surface area contributed by atoms with Crippen molar-refractivity contribution in [2.75, 3.05) is 30.0 Å². The maximum absolute atomic E-state index is 5.93. The first-order valence-electron chi connectivity index (χ1n) is 5.36. The number of anilines is 4. The van der Waals surface area contributed by atoms with Crippen molar-refractivity contribution >= 4 is 51.1 Å². The Kier molecular flexibility index (Phi) is 4.06. The minimum Gasteiger partial charge on any atom is -0.368 e. The Bertz CT molecular complexity index is 604. The summed E-state index contributed by atoms with van der Waals surface area (Å²) in [5.41, 5.74) is 6.44. The van der Waals surface area contributed by atoms with Gasteiger partial charge < -0.3 is 16.0 Å². The summed E-state index contributed by atoms with van der Waals surface area (Å²) >= 11 is 9.29. The molecule has 1 aromatic carbocycles. The van der Waals surface area contributed by atoms with Crippen LogP contribution in [0.4, 0.5) is 23.5 Å². The molecule has 3 N–H and O–H groups in total. The number of rotatable bonds is 3. The van der Waals surface area contributed by atoms with E-state index in [1.807, 2.05) is 26.2 Å². The largest absolute Gasteiger partial charge is 0.368 e. The molecule has 0 bridgehead atoms. The van der Waals surface area contributed by atoms with Gasteiger partial charge in [0, 0.05) is 24.3 Å². The van der Waals surface area contributed by atoms with Crippen LogP contribution in [0.3, 0.4) is 0 Å². The van der Waals surface area contributed by atoms with E-state index in [2.05, 4.69) is 36.2 Å². The lowest BCUT2D eigenvalue weighted by Crippen LogP contribution is -2.15. The molecule has 1 aromatic heterocycles. The summed E-state index contributed by atoms with van der Waals surface area (Å²) in [5, 5.41) is 3.68. The fraction of sp³-hybridized carbons (Fsp3) is 0.182. The van der Waals surface area contributed by atoms with Gasteiger partial charge >= 0.3 is 0 Å². The molecule has 6 nitrogen and oxygen atoms in total. The van der Waals surface area contributed by atoms with Gasteiger partial charge in [-0.05, 0) is 34.1 Å². The first-order valence-corrected chi connectivity index (χ1v) is 6.54. The van der Waals surface area contributed by atoms with Crippen molar-refractivity contribution in [1.82, 2.24) is 15.0 Å². The highest BCUT2D eigenvalue weighted by molar-refractivity contribution is 9.10. The molecule has 0 unspecified atom stereocenters. The van der Waals surface area contributed by atoms with Crippen molar-refractivity contribution in [3.63, 3.8) is 0 Å². The Morgan fingerprint density at radius 3 is 2.63 bits per heavy atom. The van der Waals surface area contributed by atoms with Gasteiger partial charge in [-0.25, -0.2) is 0 Å². The summed E-state index contributed by atoms with van der Waals surface area (Å²) in [7, 11) is 3.66. The Balaban J connectivity index is 2.29. The van der Waals surface area contributed by atoms with E-state index in [4.69, 9.17) is 17.3 Å². The molecule has 0 spiro atoms. The fourth-order valence-corrected chi connectivity index (χ4v) is 1.84. The molecule has 2 rings (SSSR count). The maximum atomic E-state index is 5.93. The molecule has 0 aliphatic rings. The molecule has 0 saturated heterocycles. The van der Waals surface area contributed by atoms with Crippen LogP contribution in [0.15, 0.2) is 22.7 Å². The minimum absolute atomic E-state index is 0.161. The number of nitrogen functional groups attached to an aromatic ring is 1. The molecule has 0 radical (unpaired) electrons. The predicted octanol–water partition coefficient (Wildman–Crippen LogP) is 2.68. The molecular formula is C11H12BrClN6. The van der Waals surface area contributed by atoms with Gasteiger partial charge in [-0.2, -0.15) is 15.0 Å². The SMILES string of the molecule is CN(C)c1nc(N)nc(Nc2ccc(Cl)c(Br)c2)n1. The van der Waals surface area contributed by atoms with Gasteiger partial charge in [0.1, 0.15) is 0 Å². The number of halogens is 2. The number of nitrogens with two attached hydrogens (primary N) is 1. The monoisotopic (exact) mass is 342 g/mol. The van der Waals surface area contributed by atoms with E-state index in [1.165, 1.54) is 0 Å². The Labute approximate surface area is 124 Å². The smallest absolute Gasteiger partial charge is 0.233 e. The van der Waals surface area contributed by atoms with E-state index in [0.29, 0.717) is 16.9 Å². The average molecular weight is 344 g/mol. The molecule has 8 heteroatoms. The Morgan fingerprint density at radius 2 is 2.00 bits per heavy atom. The molecule has 0 fully saturated rings. The normalized spacial score (nSPS) is 10.3. The zero-order chi connectivity index (χ0) is 14.0. The zero-order valence-corrected chi connectivity index (χ0v) is 12.7. The van der Waals surface area contributed by atoms with Crippen LogP contribution in [0, 0.1) is 0 Å². The zero-order valence-electron chi connectivity index (χ0n) is 10.4. The van der Waals surface area contributed by atoms with Crippen LogP contribution >= 0.6 is 27.5 Å². The quantitative estimate of drug-likeness (QED) is 0.892. The maximum Gasteiger partial charge on any atom is 0.233 e. The summed E-state index contributed by atoms with van der Waals surface area (Å²) in [6.07, 6.45) is 0. The highest BCUT2D eigenvalue weighted by Gasteiger charge is 2.07. The lowest BCUT2D eigenvalue weighted by atomic mass is 10.3. The molecule has 1 heterocycles. The van der Waals surface area contributed by atoms with Crippen LogP contribution in [0.2, 0.25) is 5.02 Å². The number of aromatic nitrogens is 3. The van der Waals surface area contributed by atoms with Gasteiger partial charge in [0.2, 0.25) is 17.8 Å². The standard InChI is InChI=1S/C11H12BrClN6/c1-19(2)11-17-9(14)16-10(18-11)15-6-3-4-8(13)7(12)5-6/h3-5H,1-2H3,(H3,14,15,16,17,18). The van der Waals surface area contributed by atoms with Gasteiger partial charge in [-0.3, -0.25) is 0 Å². The molecule has 0 amide bonds. The molecule has 0 atom stereocenters. The van der Waals surface area contributed by atoms with Crippen LogP contribution in [0.1, 0.15) is 0 Å². The molecule has 19 heavy (non-hydrogen) atoms. The van der Waals surface area contributed by atoms with Crippen molar-refractivity contribution in [2.45, 2.75) is 0 Å². The molecule has 2 aromatic rings. The Hall–Kier alpha value is -1.60. The molecule has 0 aliphatic carbocycles. The third-order valence-corrected chi connectivity index (χ3v) is 3.43. The van der Waals surface area contributed by atoms with E-state index < -0.39 is 0 Å². The minimum atomic E-state index is 0.161. The summed E-state index contributed by atoms with van der Waals surface area (Å²) in [5.74, 6) is 1.03. The highest BCUT2D eigenvalue weighted by atomic mass is 79.9. The number of nitrogens with zero attached hydrogens (tertiary/aromatic N) is 4. The molecule has 100 valence electrons. The van der Waals surface area contributed by atoms with Crippen LogP contribution in [0.5, 0.6) is 0 Å². The topological polar surface area (TPSA) is 80.0 Å². The van der Waals surface area contributed by atoms with Crippen molar-refractivity contribution in [3.8, 4) is 0 Å². The van der Waals surface area contributed by atoms with Crippen LogP contribution in [-0.4, -0.2) is 29.0 Å². The van der Waals surface area contributed by atoms with E-state index in [9.17, 15) is 0 Å². The molecule has 0 saturated carbocycles. The van der Waals surface area contributed by atoms with Crippen molar-refractivity contribution in [3.05, 3.63) is 27.7 Å². The first-order chi connectivity index (χ1) is 8.95. The van der Waals surface area contributed by atoms with Crippen molar-refractivity contribution in [1.29, 1.82) is 0 Å². The van der Waals surface area contributed by atoms with Crippen LogP contribution < -0.4 is 16.0 Å². The summed E-state index contributed by atoms with van der Waals surface area (Å²) < 4.78 is 0.786. The second kappa shape index (κ2) is 5.58. The van der Waals surface area contributed by atoms with Crippen molar-refractivity contribution in [2.24, 2.45) is 0 Å². The lowest BCUT2D eigenvalue weighted by molar-refractivity contribution is 0.969. The molecular weight excluding hydrogens is 332 g/mol. The first kappa shape index (κ1) is 13.8. The number of nitrogens with one attached hydrogen (secondary N) is 1. The predicted molar refractivity (Wildman–Crippen MR) is 81.0 cm³/mol. The number of hydrogen-bond donors (Lipinski definition) is 2. The second-order valence-corrected chi connectivity index (χ2v) is 5.23. The summed E-state index contributed by atoms with van der Waals surface area (Å²) in [6, 6.07) is 5.42. The van der Waals surface area contributed by atoms with Gasteiger partial charge in [0.25, 0.3) is 0 Å². The lowest BCUT2D eigenvalue weighted by Gasteiger charge is -2.12. The fourth-order valence-electron chi connectivity index (χ4n) is 1.34. The van der Waals surface area contributed by atoms with Gasteiger partial charge in [-0.1, -0.05) is 11.6 Å². The number of benzene rings is 1. The Morgan fingerprint density at radius 1 is 1.26 bits per heavy atom. The van der Waals surface area contributed by atoms with E-state index in [-0.39, 0.29) is 5.95 Å². The second-order valence-electron chi connectivity index (χ2n) is 3.97. The third kappa shape index (κ3) is 3.45. The van der Waals surface area contributed by atoms with E-state index >= 15 is 0 Å². The van der Waals surface area contributed by atoms with E-state index in [1.54, 1.807) is 11.0 Å². The summed E-state index contributed by atoms with van der Waals surface area (Å²) in [4.78, 5) is 14.0. The number of hydrogen-bond acceptors (Lipinski definition) is 6. The average Bonchev–Trinajstić information content (AvgIpc) is 2.33. The third-order valence-electron chi connectivity index (χ3n) is 2.22. The van der Waals surface area contributed by atoms with Crippen LogP contribution in [-0.2, 0) is 0 Å². The molecule has 0 aliphatic heterocycles. The summed E-state index contributed by atoms with van der Waals surface area (Å²) in [6.45, 7) is 0. The van der Waals surface area contributed by atoms with Crippen LogP contribution in [0.25, 0.3) is 0 Å². The van der Waals surface area contributed by atoms with Gasteiger partial charge in [0.15, 0.2) is 0 Å². The van der Waals surface area contributed by atoms with E-state index in [0.717, 1.165) is 10.2 Å². The van der Waals surface area contributed by atoms with Gasteiger partial charge in [-0.15, -0.1) is 0 Å². The highest BCUT2D eigenvalue weighted by Crippen LogP contribution is 2.26. The van der Waals surface area contributed by atoms with Gasteiger partial charge in [0.05, 0.1) is 5.02 Å². The van der Waals surface area contributed by atoms with Crippen molar-refractivity contribution < 1.29 is 0 Å².